The maximum absolute atomic E-state index is 10.9. The van der Waals surface area contributed by atoms with Crippen LogP contribution in [-0.4, -0.2) is 21.6 Å². The molecule has 0 bridgehead atoms. The molecular weight excluding hydrogens is 246 g/mol. The molecule has 1 unspecified atom stereocenters. The van der Waals surface area contributed by atoms with E-state index in [4.69, 9.17) is 0 Å². The minimum atomic E-state index is -0.505. The lowest BCUT2D eigenvalue weighted by molar-refractivity contribution is -0.384. The van der Waals surface area contributed by atoms with Gasteiger partial charge in [0, 0.05) is 12.3 Å². The van der Waals surface area contributed by atoms with Gasteiger partial charge in [-0.3, -0.25) is 10.1 Å². The molecule has 98 valence electrons. The number of anilines is 1. The second-order valence-electron chi connectivity index (χ2n) is 3.92. The van der Waals surface area contributed by atoms with E-state index >= 15 is 0 Å². The third kappa shape index (κ3) is 3.05. The van der Waals surface area contributed by atoms with Gasteiger partial charge in [0.25, 0.3) is 0 Å². The van der Waals surface area contributed by atoms with Gasteiger partial charge in [-0.2, -0.15) is 0 Å². The lowest BCUT2D eigenvalue weighted by Gasteiger charge is -2.16. The Balaban J connectivity index is 2.27. The molecule has 0 radical (unpaired) electrons. The van der Waals surface area contributed by atoms with Gasteiger partial charge >= 0.3 is 5.69 Å². The summed E-state index contributed by atoms with van der Waals surface area (Å²) in [6.07, 6.45) is 1.47. The molecule has 0 aliphatic rings. The summed E-state index contributed by atoms with van der Waals surface area (Å²) in [5.74, 6) is 0.149. The molecule has 2 aromatic rings. The maximum atomic E-state index is 10.9. The van der Waals surface area contributed by atoms with E-state index < -0.39 is 11.0 Å². The van der Waals surface area contributed by atoms with Crippen LogP contribution in [0.25, 0.3) is 0 Å². The van der Waals surface area contributed by atoms with E-state index in [1.807, 2.05) is 30.3 Å². The molecule has 0 saturated heterocycles. The highest BCUT2D eigenvalue weighted by molar-refractivity contribution is 5.56. The van der Waals surface area contributed by atoms with E-state index in [1.54, 1.807) is 0 Å². The average molecular weight is 259 g/mol. The molecule has 1 atom stereocenters. The molecule has 2 rings (SSSR count). The summed E-state index contributed by atoms with van der Waals surface area (Å²) in [5.41, 5.74) is 0.724. The zero-order chi connectivity index (χ0) is 13.7. The lowest BCUT2D eigenvalue weighted by atomic mass is 10.1. The van der Waals surface area contributed by atoms with Crippen LogP contribution in [0.2, 0.25) is 0 Å². The molecule has 2 N–H and O–H groups in total. The van der Waals surface area contributed by atoms with Crippen LogP contribution in [-0.2, 0) is 0 Å². The third-order valence-corrected chi connectivity index (χ3v) is 2.68. The van der Waals surface area contributed by atoms with Crippen LogP contribution in [0.15, 0.2) is 48.7 Å². The number of pyridine rings is 1. The highest BCUT2D eigenvalue weighted by Crippen LogP contribution is 2.25. The Morgan fingerprint density at radius 3 is 2.63 bits per heavy atom. The van der Waals surface area contributed by atoms with Crippen molar-refractivity contribution in [2.45, 2.75) is 6.04 Å². The van der Waals surface area contributed by atoms with Gasteiger partial charge in [-0.1, -0.05) is 30.3 Å². The molecule has 0 aliphatic carbocycles. The standard InChI is InChI=1S/C13H13N3O3/c17-9-11(10-5-2-1-3-6-10)15-13-12(16(18)19)7-4-8-14-13/h1-8,11,17H,9H2,(H,14,15). The number of hydrogen-bond acceptors (Lipinski definition) is 5. The molecule has 0 spiro atoms. The van der Waals surface area contributed by atoms with E-state index in [1.165, 1.54) is 18.3 Å². The second kappa shape index (κ2) is 5.92. The summed E-state index contributed by atoms with van der Waals surface area (Å²) < 4.78 is 0. The Bertz CT molecular complexity index is 560. The van der Waals surface area contributed by atoms with Gasteiger partial charge < -0.3 is 10.4 Å². The predicted molar refractivity (Wildman–Crippen MR) is 70.8 cm³/mol. The van der Waals surface area contributed by atoms with E-state index in [0.717, 1.165) is 5.56 Å². The number of aliphatic hydroxyl groups is 1. The SMILES string of the molecule is O=[N+]([O-])c1cccnc1NC(CO)c1ccccc1. The van der Waals surface area contributed by atoms with Crippen molar-refractivity contribution in [2.24, 2.45) is 0 Å². The molecule has 1 aromatic carbocycles. The Morgan fingerprint density at radius 2 is 2.00 bits per heavy atom. The van der Waals surface area contributed by atoms with Crippen LogP contribution in [0.4, 0.5) is 11.5 Å². The van der Waals surface area contributed by atoms with Crippen molar-refractivity contribution >= 4 is 11.5 Å². The van der Waals surface area contributed by atoms with Crippen LogP contribution in [0.1, 0.15) is 11.6 Å². The molecule has 1 aromatic heterocycles. The first-order chi connectivity index (χ1) is 9.22. The largest absolute Gasteiger partial charge is 0.394 e. The fourth-order valence-corrected chi connectivity index (χ4v) is 1.74. The molecular formula is C13H13N3O3. The number of aromatic nitrogens is 1. The number of nitrogens with zero attached hydrogens (tertiary/aromatic N) is 2. The number of nitrogens with one attached hydrogen (secondary N) is 1. The van der Waals surface area contributed by atoms with Crippen LogP contribution in [0.5, 0.6) is 0 Å². The zero-order valence-electron chi connectivity index (χ0n) is 10.1. The summed E-state index contributed by atoms with van der Waals surface area (Å²) in [6, 6.07) is 11.6. The smallest absolute Gasteiger partial charge is 0.311 e. The fraction of sp³-hybridized carbons (Fsp3) is 0.154. The molecule has 6 heteroatoms. The number of rotatable bonds is 5. The fourth-order valence-electron chi connectivity index (χ4n) is 1.74. The van der Waals surface area contributed by atoms with Crippen molar-refractivity contribution in [3.8, 4) is 0 Å². The van der Waals surface area contributed by atoms with Crippen molar-refractivity contribution in [2.75, 3.05) is 11.9 Å². The number of nitro groups is 1. The van der Waals surface area contributed by atoms with Gasteiger partial charge in [-0.25, -0.2) is 4.98 Å². The van der Waals surface area contributed by atoms with Crippen molar-refractivity contribution in [3.05, 3.63) is 64.3 Å². The molecule has 0 fully saturated rings. The first-order valence-electron chi connectivity index (χ1n) is 5.74. The zero-order valence-corrected chi connectivity index (χ0v) is 10.1. The van der Waals surface area contributed by atoms with Gasteiger partial charge in [-0.15, -0.1) is 0 Å². The van der Waals surface area contributed by atoms with Gasteiger partial charge in [0.15, 0.2) is 0 Å². The van der Waals surface area contributed by atoms with Crippen LogP contribution < -0.4 is 5.32 Å². The van der Waals surface area contributed by atoms with Gasteiger partial charge in [0.05, 0.1) is 17.6 Å². The molecule has 1 heterocycles. The van der Waals surface area contributed by atoms with E-state index in [-0.39, 0.29) is 18.1 Å². The van der Waals surface area contributed by atoms with Crippen molar-refractivity contribution in [1.29, 1.82) is 0 Å². The summed E-state index contributed by atoms with van der Waals surface area (Å²) in [7, 11) is 0. The first kappa shape index (κ1) is 13.0. The first-order valence-corrected chi connectivity index (χ1v) is 5.74. The minimum Gasteiger partial charge on any atom is -0.394 e. The van der Waals surface area contributed by atoms with Crippen LogP contribution >= 0.6 is 0 Å². The minimum absolute atomic E-state index is 0.114. The molecule has 0 saturated carbocycles. The lowest BCUT2D eigenvalue weighted by Crippen LogP contribution is -2.16. The Labute approximate surface area is 109 Å². The van der Waals surface area contributed by atoms with Crippen LogP contribution in [0, 0.1) is 10.1 Å². The van der Waals surface area contributed by atoms with Gasteiger partial charge in [-0.05, 0) is 11.6 Å². The van der Waals surface area contributed by atoms with Gasteiger partial charge in [0.2, 0.25) is 5.82 Å². The van der Waals surface area contributed by atoms with Gasteiger partial charge in [0.1, 0.15) is 0 Å². The molecule has 0 aliphatic heterocycles. The maximum Gasteiger partial charge on any atom is 0.311 e. The summed E-state index contributed by atoms with van der Waals surface area (Å²) >= 11 is 0. The Kier molecular flexibility index (Phi) is 4.04. The third-order valence-electron chi connectivity index (χ3n) is 2.68. The van der Waals surface area contributed by atoms with Crippen molar-refractivity contribution in [3.63, 3.8) is 0 Å². The highest BCUT2D eigenvalue weighted by Gasteiger charge is 2.18. The molecule has 19 heavy (non-hydrogen) atoms. The summed E-state index contributed by atoms with van der Waals surface area (Å²) in [6.45, 7) is -0.183. The number of benzene rings is 1. The monoisotopic (exact) mass is 259 g/mol. The highest BCUT2D eigenvalue weighted by atomic mass is 16.6. The van der Waals surface area contributed by atoms with Crippen molar-refractivity contribution < 1.29 is 10.0 Å². The average Bonchev–Trinajstić information content (AvgIpc) is 2.46. The Hall–Kier alpha value is -2.47. The quantitative estimate of drug-likeness (QED) is 0.634. The Morgan fingerprint density at radius 1 is 1.26 bits per heavy atom. The van der Waals surface area contributed by atoms with E-state index in [2.05, 4.69) is 10.3 Å². The molecule has 6 nitrogen and oxygen atoms in total. The van der Waals surface area contributed by atoms with Crippen molar-refractivity contribution in [1.82, 2.24) is 4.98 Å². The van der Waals surface area contributed by atoms with E-state index in [0.29, 0.717) is 0 Å². The number of hydrogen-bond donors (Lipinski definition) is 2. The second-order valence-corrected chi connectivity index (χ2v) is 3.92. The molecule has 0 amide bonds. The van der Waals surface area contributed by atoms with E-state index in [9.17, 15) is 15.2 Å². The topological polar surface area (TPSA) is 88.3 Å². The summed E-state index contributed by atoms with van der Waals surface area (Å²) in [4.78, 5) is 14.3. The summed E-state index contributed by atoms with van der Waals surface area (Å²) in [5, 5.41) is 23.2. The van der Waals surface area contributed by atoms with Crippen LogP contribution in [0.3, 0.4) is 0 Å². The number of aliphatic hydroxyl groups excluding tert-OH is 1. The predicted octanol–water partition coefficient (Wildman–Crippen LogP) is 2.14. The normalized spacial score (nSPS) is 11.8.